The zero-order valence-electron chi connectivity index (χ0n) is 13.7. The molecule has 1 aromatic carbocycles. The molecule has 2 rings (SSSR count). The molecule has 0 amide bonds. The summed E-state index contributed by atoms with van der Waals surface area (Å²) in [5.41, 5.74) is 1.93. The smallest absolute Gasteiger partial charge is 0.121 e. The van der Waals surface area contributed by atoms with Crippen LogP contribution in [0.2, 0.25) is 0 Å². The molecule has 2 N–H and O–H groups in total. The molecule has 1 aromatic heterocycles. The van der Waals surface area contributed by atoms with Crippen molar-refractivity contribution < 1.29 is 9.84 Å². The van der Waals surface area contributed by atoms with Gasteiger partial charge in [-0.15, -0.1) is 6.58 Å². The molecule has 0 aliphatic heterocycles. The van der Waals surface area contributed by atoms with Gasteiger partial charge in [0.2, 0.25) is 0 Å². The third kappa shape index (κ3) is 4.88. The van der Waals surface area contributed by atoms with Crippen molar-refractivity contribution >= 4 is 11.8 Å². The molecule has 1 unspecified atom stereocenters. The summed E-state index contributed by atoms with van der Waals surface area (Å²) in [6, 6.07) is 7.99. The highest BCUT2D eigenvalue weighted by molar-refractivity contribution is 7.98. The molecule has 0 saturated heterocycles. The summed E-state index contributed by atoms with van der Waals surface area (Å²) in [6.45, 7) is 5.82. The minimum atomic E-state index is -0.712. The number of hydrogen-bond acceptors (Lipinski definition) is 4. The minimum Gasteiger partial charge on any atom is -0.497 e. The first kappa shape index (κ1) is 17.6. The molecule has 0 bridgehead atoms. The molecular weight excluding hydrogens is 308 g/mol. The summed E-state index contributed by atoms with van der Waals surface area (Å²) in [7, 11) is 1.66. The van der Waals surface area contributed by atoms with Crippen LogP contribution in [0.3, 0.4) is 0 Å². The summed E-state index contributed by atoms with van der Waals surface area (Å²) < 4.78 is 5.17. The van der Waals surface area contributed by atoms with E-state index >= 15 is 0 Å². The predicted molar refractivity (Wildman–Crippen MR) is 94.9 cm³/mol. The Morgan fingerprint density at radius 1 is 1.39 bits per heavy atom. The van der Waals surface area contributed by atoms with Crippen molar-refractivity contribution in [2.75, 3.05) is 7.11 Å². The monoisotopic (exact) mass is 332 g/mol. The number of benzene rings is 1. The Morgan fingerprint density at radius 3 is 2.74 bits per heavy atom. The maximum Gasteiger partial charge on any atom is 0.121 e. The van der Waals surface area contributed by atoms with Gasteiger partial charge in [-0.05, 0) is 24.1 Å². The first-order valence-corrected chi connectivity index (χ1v) is 8.81. The van der Waals surface area contributed by atoms with Crippen molar-refractivity contribution in [1.29, 1.82) is 0 Å². The topological polar surface area (TPSA) is 58.1 Å². The van der Waals surface area contributed by atoms with Crippen LogP contribution in [0.1, 0.15) is 43.0 Å². The normalized spacial score (nSPS) is 12.1. The number of ether oxygens (including phenoxy) is 1. The number of aliphatic hydroxyl groups is 1. The standard InChI is InChI=1S/C18H24N2O2S/c1-4-6-7-16-19-17(15(21)5-2)18(20-16)23-12-13-8-10-14(22-3)11-9-13/h5,8-11,15,21H,2,4,6-7,12H2,1,3H3,(H,19,20). The highest BCUT2D eigenvalue weighted by atomic mass is 32.2. The molecule has 1 atom stereocenters. The summed E-state index contributed by atoms with van der Waals surface area (Å²) >= 11 is 1.62. The first-order chi connectivity index (χ1) is 11.2. The van der Waals surface area contributed by atoms with E-state index in [1.807, 2.05) is 24.3 Å². The Labute approximate surface area is 142 Å². The van der Waals surface area contributed by atoms with Crippen molar-refractivity contribution in [1.82, 2.24) is 9.97 Å². The van der Waals surface area contributed by atoms with Crippen LogP contribution in [0.15, 0.2) is 41.9 Å². The van der Waals surface area contributed by atoms with Crippen LogP contribution in [0.25, 0.3) is 0 Å². The van der Waals surface area contributed by atoms with Crippen molar-refractivity contribution in [2.45, 2.75) is 43.1 Å². The van der Waals surface area contributed by atoms with Gasteiger partial charge in [0.25, 0.3) is 0 Å². The van der Waals surface area contributed by atoms with Crippen molar-refractivity contribution in [3.63, 3.8) is 0 Å². The highest BCUT2D eigenvalue weighted by Crippen LogP contribution is 2.29. The second-order valence-electron chi connectivity index (χ2n) is 5.32. The van der Waals surface area contributed by atoms with E-state index in [-0.39, 0.29) is 0 Å². The fourth-order valence-corrected chi connectivity index (χ4v) is 3.18. The number of rotatable bonds is 9. The Morgan fingerprint density at radius 2 is 2.13 bits per heavy atom. The molecule has 2 aromatic rings. The van der Waals surface area contributed by atoms with Crippen LogP contribution >= 0.6 is 11.8 Å². The van der Waals surface area contributed by atoms with E-state index in [4.69, 9.17) is 4.74 Å². The van der Waals surface area contributed by atoms with Gasteiger partial charge in [-0.2, -0.15) is 0 Å². The van der Waals surface area contributed by atoms with E-state index in [0.717, 1.165) is 47.3 Å². The molecule has 0 fully saturated rings. The molecule has 0 aliphatic rings. The minimum absolute atomic E-state index is 0.712. The third-order valence-corrected chi connectivity index (χ3v) is 4.63. The predicted octanol–water partition coefficient (Wildman–Crippen LogP) is 4.27. The van der Waals surface area contributed by atoms with Gasteiger partial charge in [-0.1, -0.05) is 43.3 Å². The Balaban J connectivity index is 2.09. The number of aromatic amines is 1. The maximum atomic E-state index is 10.1. The fourth-order valence-electron chi connectivity index (χ4n) is 2.18. The van der Waals surface area contributed by atoms with E-state index in [1.54, 1.807) is 18.9 Å². The molecule has 23 heavy (non-hydrogen) atoms. The summed E-state index contributed by atoms with van der Waals surface area (Å²) in [5.74, 6) is 2.57. The number of hydrogen-bond donors (Lipinski definition) is 2. The van der Waals surface area contributed by atoms with E-state index in [1.165, 1.54) is 11.6 Å². The number of imidazole rings is 1. The zero-order chi connectivity index (χ0) is 16.7. The van der Waals surface area contributed by atoms with Crippen LogP contribution in [0.4, 0.5) is 0 Å². The number of nitrogens with one attached hydrogen (secondary N) is 1. The van der Waals surface area contributed by atoms with Gasteiger partial charge in [0.1, 0.15) is 22.7 Å². The quantitative estimate of drug-likeness (QED) is 0.532. The van der Waals surface area contributed by atoms with Crippen LogP contribution in [0, 0.1) is 0 Å². The lowest BCUT2D eigenvalue weighted by molar-refractivity contribution is 0.221. The molecule has 4 nitrogen and oxygen atoms in total. The molecule has 0 spiro atoms. The molecular formula is C18H24N2O2S. The van der Waals surface area contributed by atoms with Crippen molar-refractivity contribution in [3.05, 3.63) is 54.0 Å². The lowest BCUT2D eigenvalue weighted by Crippen LogP contribution is -1.96. The summed E-state index contributed by atoms with van der Waals surface area (Å²) in [6.07, 6.45) is 3.91. The zero-order valence-corrected chi connectivity index (χ0v) is 14.5. The number of nitrogens with zero attached hydrogens (tertiary/aromatic N) is 1. The van der Waals surface area contributed by atoms with Crippen molar-refractivity contribution in [2.24, 2.45) is 0 Å². The van der Waals surface area contributed by atoms with E-state index < -0.39 is 6.10 Å². The fraction of sp³-hybridized carbons (Fsp3) is 0.389. The number of thioether (sulfide) groups is 1. The molecule has 0 aliphatic carbocycles. The Hall–Kier alpha value is -1.72. The van der Waals surface area contributed by atoms with E-state index in [9.17, 15) is 5.11 Å². The van der Waals surface area contributed by atoms with Crippen LogP contribution in [0.5, 0.6) is 5.75 Å². The van der Waals surface area contributed by atoms with Gasteiger partial charge in [-0.3, -0.25) is 0 Å². The number of aryl methyl sites for hydroxylation is 1. The molecule has 0 saturated carbocycles. The summed E-state index contributed by atoms with van der Waals surface area (Å²) in [4.78, 5) is 7.89. The number of methoxy groups -OCH3 is 1. The number of H-pyrrole nitrogens is 1. The molecule has 1 heterocycles. The van der Waals surface area contributed by atoms with E-state index in [0.29, 0.717) is 0 Å². The number of aliphatic hydroxyl groups excluding tert-OH is 1. The molecule has 0 radical (unpaired) electrons. The van der Waals surface area contributed by atoms with Crippen molar-refractivity contribution in [3.8, 4) is 5.75 Å². The number of unbranched alkanes of at least 4 members (excludes halogenated alkanes) is 1. The SMILES string of the molecule is C=CC(O)c1[nH]c(CCCC)nc1SCc1ccc(OC)cc1. The number of aromatic nitrogens is 2. The summed E-state index contributed by atoms with van der Waals surface area (Å²) in [5, 5.41) is 10.9. The lowest BCUT2D eigenvalue weighted by atomic mass is 10.2. The van der Waals surface area contributed by atoms with Gasteiger partial charge in [0, 0.05) is 12.2 Å². The van der Waals surface area contributed by atoms with Gasteiger partial charge in [0.05, 0.1) is 12.8 Å². The van der Waals surface area contributed by atoms with Gasteiger partial charge >= 0.3 is 0 Å². The maximum absolute atomic E-state index is 10.1. The van der Waals surface area contributed by atoms with E-state index in [2.05, 4.69) is 23.5 Å². The van der Waals surface area contributed by atoms with Crippen LogP contribution < -0.4 is 4.74 Å². The molecule has 124 valence electrons. The van der Waals surface area contributed by atoms with Gasteiger partial charge in [0.15, 0.2) is 0 Å². The Kier molecular flexibility index (Phi) is 6.74. The third-order valence-electron chi connectivity index (χ3n) is 3.57. The van der Waals surface area contributed by atoms with Crippen LogP contribution in [-0.2, 0) is 12.2 Å². The molecule has 5 heteroatoms. The first-order valence-electron chi connectivity index (χ1n) is 7.83. The average Bonchev–Trinajstić information content (AvgIpc) is 3.01. The van der Waals surface area contributed by atoms with Gasteiger partial charge < -0.3 is 14.8 Å². The second-order valence-corrected chi connectivity index (χ2v) is 6.29. The van der Waals surface area contributed by atoms with Gasteiger partial charge in [-0.25, -0.2) is 4.98 Å². The second kappa shape index (κ2) is 8.79. The average molecular weight is 332 g/mol. The largest absolute Gasteiger partial charge is 0.497 e. The Bertz CT molecular complexity index is 622. The van der Waals surface area contributed by atoms with Crippen LogP contribution in [-0.4, -0.2) is 22.2 Å². The highest BCUT2D eigenvalue weighted by Gasteiger charge is 2.16. The lowest BCUT2D eigenvalue weighted by Gasteiger charge is -2.06.